The van der Waals surface area contributed by atoms with Gasteiger partial charge in [-0.2, -0.15) is 5.10 Å². The fraction of sp³-hybridized carbons (Fsp3) is 0.308. The highest BCUT2D eigenvalue weighted by atomic mass is 32.2. The van der Waals surface area contributed by atoms with Crippen molar-refractivity contribution >= 4 is 15.7 Å². The molecular formula is C13H18N4O2S. The summed E-state index contributed by atoms with van der Waals surface area (Å²) in [6, 6.07) is 4.80. The van der Waals surface area contributed by atoms with Crippen molar-refractivity contribution in [2.75, 3.05) is 12.8 Å². The molecule has 0 aliphatic carbocycles. The van der Waals surface area contributed by atoms with E-state index in [2.05, 4.69) is 9.82 Å². The summed E-state index contributed by atoms with van der Waals surface area (Å²) in [6.07, 6.45) is 0. The highest BCUT2D eigenvalue weighted by Gasteiger charge is 2.17. The molecular weight excluding hydrogens is 276 g/mol. The van der Waals surface area contributed by atoms with Crippen molar-refractivity contribution in [2.45, 2.75) is 25.7 Å². The molecule has 3 N–H and O–H groups in total. The number of aryl methyl sites for hydroxylation is 1. The fourth-order valence-electron chi connectivity index (χ4n) is 1.99. The van der Waals surface area contributed by atoms with E-state index in [-0.39, 0.29) is 10.6 Å². The Labute approximate surface area is 118 Å². The lowest BCUT2D eigenvalue weighted by Gasteiger charge is -2.10. The summed E-state index contributed by atoms with van der Waals surface area (Å²) in [5.74, 6) is 0. The van der Waals surface area contributed by atoms with Crippen molar-refractivity contribution in [3.63, 3.8) is 0 Å². The SMILES string of the molecule is CNS(=O)(=O)c1ccc(-n2nc(C)c(C)c2C)cc1N. The summed E-state index contributed by atoms with van der Waals surface area (Å²) >= 11 is 0. The molecule has 0 radical (unpaired) electrons. The van der Waals surface area contributed by atoms with Crippen molar-refractivity contribution in [1.82, 2.24) is 14.5 Å². The Kier molecular flexibility index (Phi) is 3.58. The third-order valence-corrected chi connectivity index (χ3v) is 4.94. The normalized spacial score (nSPS) is 11.8. The molecule has 0 spiro atoms. The molecule has 0 saturated heterocycles. The molecule has 2 aromatic rings. The van der Waals surface area contributed by atoms with Crippen LogP contribution < -0.4 is 10.5 Å². The molecule has 0 unspecified atom stereocenters. The van der Waals surface area contributed by atoms with Crippen LogP contribution in [-0.2, 0) is 10.0 Å². The van der Waals surface area contributed by atoms with Gasteiger partial charge in [0.2, 0.25) is 10.0 Å². The molecule has 20 heavy (non-hydrogen) atoms. The molecule has 1 aromatic heterocycles. The van der Waals surface area contributed by atoms with Crippen LogP contribution in [0.4, 0.5) is 5.69 Å². The predicted octanol–water partition coefficient (Wildman–Crippen LogP) is 1.29. The number of nitrogens with two attached hydrogens (primary N) is 1. The van der Waals surface area contributed by atoms with Gasteiger partial charge in [-0.15, -0.1) is 0 Å². The average Bonchev–Trinajstić information content (AvgIpc) is 2.66. The molecule has 0 bridgehead atoms. The zero-order valence-corrected chi connectivity index (χ0v) is 12.7. The van der Waals surface area contributed by atoms with E-state index in [1.54, 1.807) is 16.8 Å². The van der Waals surface area contributed by atoms with E-state index in [1.165, 1.54) is 13.1 Å². The number of hydrogen-bond acceptors (Lipinski definition) is 4. The van der Waals surface area contributed by atoms with Gasteiger partial charge in [-0.1, -0.05) is 0 Å². The number of hydrogen-bond donors (Lipinski definition) is 2. The van der Waals surface area contributed by atoms with Gasteiger partial charge in [-0.25, -0.2) is 17.8 Å². The van der Waals surface area contributed by atoms with Crippen molar-refractivity contribution < 1.29 is 8.42 Å². The number of benzene rings is 1. The number of rotatable bonds is 3. The van der Waals surface area contributed by atoms with Gasteiger partial charge in [-0.3, -0.25) is 0 Å². The lowest BCUT2D eigenvalue weighted by atomic mass is 10.2. The highest BCUT2D eigenvalue weighted by molar-refractivity contribution is 7.89. The molecule has 0 fully saturated rings. The maximum absolute atomic E-state index is 11.8. The van der Waals surface area contributed by atoms with Crippen LogP contribution in [0.1, 0.15) is 17.0 Å². The van der Waals surface area contributed by atoms with Gasteiger partial charge in [0.05, 0.1) is 17.1 Å². The van der Waals surface area contributed by atoms with Gasteiger partial charge in [0.25, 0.3) is 0 Å². The molecule has 1 heterocycles. The van der Waals surface area contributed by atoms with Crippen LogP contribution in [0.3, 0.4) is 0 Å². The van der Waals surface area contributed by atoms with Crippen LogP contribution >= 0.6 is 0 Å². The van der Waals surface area contributed by atoms with Gasteiger partial charge >= 0.3 is 0 Å². The van der Waals surface area contributed by atoms with Crippen LogP contribution in [-0.4, -0.2) is 25.2 Å². The Morgan fingerprint density at radius 2 is 1.90 bits per heavy atom. The number of aromatic nitrogens is 2. The molecule has 2 rings (SSSR count). The summed E-state index contributed by atoms with van der Waals surface area (Å²) < 4.78 is 27.6. The third kappa shape index (κ3) is 2.30. The zero-order chi connectivity index (χ0) is 15.1. The maximum Gasteiger partial charge on any atom is 0.242 e. The second-order valence-electron chi connectivity index (χ2n) is 4.64. The minimum atomic E-state index is -3.55. The van der Waals surface area contributed by atoms with Crippen LogP contribution in [0.15, 0.2) is 23.1 Å². The Balaban J connectivity index is 2.57. The molecule has 0 aliphatic rings. The van der Waals surface area contributed by atoms with E-state index in [9.17, 15) is 8.42 Å². The second-order valence-corrected chi connectivity index (χ2v) is 6.49. The summed E-state index contributed by atoms with van der Waals surface area (Å²) in [5, 5.41) is 4.43. The van der Waals surface area contributed by atoms with Crippen LogP contribution in [0.2, 0.25) is 0 Å². The summed E-state index contributed by atoms with van der Waals surface area (Å²) in [4.78, 5) is 0.0713. The maximum atomic E-state index is 11.8. The van der Waals surface area contributed by atoms with Gasteiger partial charge < -0.3 is 5.73 Å². The van der Waals surface area contributed by atoms with E-state index in [1.807, 2.05) is 20.8 Å². The molecule has 7 heteroatoms. The van der Waals surface area contributed by atoms with Crippen molar-refractivity contribution in [3.8, 4) is 5.69 Å². The van der Waals surface area contributed by atoms with E-state index in [0.29, 0.717) is 0 Å². The lowest BCUT2D eigenvalue weighted by molar-refractivity contribution is 0.588. The quantitative estimate of drug-likeness (QED) is 0.835. The predicted molar refractivity (Wildman–Crippen MR) is 78.4 cm³/mol. The Morgan fingerprint density at radius 3 is 2.35 bits per heavy atom. The zero-order valence-electron chi connectivity index (χ0n) is 11.9. The first kappa shape index (κ1) is 14.5. The molecule has 0 saturated carbocycles. The lowest BCUT2D eigenvalue weighted by Crippen LogP contribution is -2.20. The third-order valence-electron chi connectivity index (χ3n) is 3.45. The number of nitrogens with zero attached hydrogens (tertiary/aromatic N) is 2. The molecule has 0 amide bonds. The monoisotopic (exact) mass is 294 g/mol. The highest BCUT2D eigenvalue weighted by Crippen LogP contribution is 2.23. The Bertz CT molecular complexity index is 763. The van der Waals surface area contributed by atoms with Gasteiger partial charge in [0.15, 0.2) is 0 Å². The van der Waals surface area contributed by atoms with Crippen LogP contribution in [0.5, 0.6) is 0 Å². The number of nitrogen functional groups attached to an aromatic ring is 1. The van der Waals surface area contributed by atoms with E-state index in [0.717, 1.165) is 22.6 Å². The van der Waals surface area contributed by atoms with Gasteiger partial charge in [0.1, 0.15) is 4.90 Å². The Morgan fingerprint density at radius 1 is 1.25 bits per heavy atom. The van der Waals surface area contributed by atoms with Crippen molar-refractivity contribution in [2.24, 2.45) is 0 Å². The topological polar surface area (TPSA) is 90.0 Å². The molecule has 0 atom stereocenters. The second kappa shape index (κ2) is 4.92. The minimum Gasteiger partial charge on any atom is -0.398 e. The number of sulfonamides is 1. The number of anilines is 1. The van der Waals surface area contributed by atoms with Crippen molar-refractivity contribution in [3.05, 3.63) is 35.2 Å². The fourth-order valence-corrected chi connectivity index (χ4v) is 2.83. The van der Waals surface area contributed by atoms with E-state index in [4.69, 9.17) is 5.73 Å². The first-order valence-electron chi connectivity index (χ1n) is 6.14. The summed E-state index contributed by atoms with van der Waals surface area (Å²) in [6.45, 7) is 5.89. The first-order valence-corrected chi connectivity index (χ1v) is 7.62. The average molecular weight is 294 g/mol. The molecule has 108 valence electrons. The minimum absolute atomic E-state index is 0.0713. The standard InChI is InChI=1S/C13H18N4O2S/c1-8-9(2)16-17(10(8)3)11-5-6-13(12(14)7-11)20(18,19)15-4/h5-7,15H,14H2,1-4H3. The van der Waals surface area contributed by atoms with Crippen LogP contribution in [0.25, 0.3) is 5.69 Å². The van der Waals surface area contributed by atoms with Crippen molar-refractivity contribution in [1.29, 1.82) is 0 Å². The largest absolute Gasteiger partial charge is 0.398 e. The molecule has 6 nitrogen and oxygen atoms in total. The number of nitrogens with one attached hydrogen (secondary N) is 1. The van der Waals surface area contributed by atoms with E-state index >= 15 is 0 Å². The first-order chi connectivity index (χ1) is 9.27. The van der Waals surface area contributed by atoms with Crippen LogP contribution in [0, 0.1) is 20.8 Å². The van der Waals surface area contributed by atoms with Gasteiger partial charge in [-0.05, 0) is 51.6 Å². The van der Waals surface area contributed by atoms with Gasteiger partial charge in [0, 0.05) is 5.69 Å². The molecule has 0 aliphatic heterocycles. The Hall–Kier alpha value is -1.86. The smallest absolute Gasteiger partial charge is 0.242 e. The summed E-state index contributed by atoms with van der Waals surface area (Å²) in [5.41, 5.74) is 9.84. The summed E-state index contributed by atoms with van der Waals surface area (Å²) in [7, 11) is -2.19. The molecule has 1 aromatic carbocycles. The van der Waals surface area contributed by atoms with E-state index < -0.39 is 10.0 Å².